The van der Waals surface area contributed by atoms with Gasteiger partial charge in [0.15, 0.2) is 0 Å². The van der Waals surface area contributed by atoms with Crippen LogP contribution in [0.15, 0.2) is 0 Å². The van der Waals surface area contributed by atoms with E-state index in [0.29, 0.717) is 0 Å². The van der Waals surface area contributed by atoms with Crippen LogP contribution in [0.5, 0.6) is 0 Å². The van der Waals surface area contributed by atoms with Crippen molar-refractivity contribution in [3.8, 4) is 0 Å². The summed E-state index contributed by atoms with van der Waals surface area (Å²) >= 11 is 0.179. The standard InChI is InChI=1S/C8H18N2S/c1-11(2)10-5-7-3-9-4-8(7)6-10/h7-9,11H,3-6H2,1-2H3. The molecule has 1 N–H and O–H groups in total. The highest BCUT2D eigenvalue weighted by molar-refractivity contribution is 8.13. The van der Waals surface area contributed by atoms with Gasteiger partial charge in [-0.05, 0) is 37.4 Å². The van der Waals surface area contributed by atoms with Crippen molar-refractivity contribution < 1.29 is 0 Å². The molecule has 2 aliphatic rings. The molecule has 2 aliphatic heterocycles. The van der Waals surface area contributed by atoms with Gasteiger partial charge in [0.25, 0.3) is 0 Å². The van der Waals surface area contributed by atoms with E-state index < -0.39 is 0 Å². The molecule has 0 radical (unpaired) electrons. The van der Waals surface area contributed by atoms with Crippen LogP contribution in [0.4, 0.5) is 0 Å². The van der Waals surface area contributed by atoms with Gasteiger partial charge in [-0.1, -0.05) is 0 Å². The topological polar surface area (TPSA) is 15.3 Å². The molecule has 2 rings (SSSR count). The second-order valence-electron chi connectivity index (χ2n) is 3.90. The molecule has 2 unspecified atom stereocenters. The largest absolute Gasteiger partial charge is 0.316 e. The summed E-state index contributed by atoms with van der Waals surface area (Å²) in [7, 11) is 0. The van der Waals surface area contributed by atoms with Gasteiger partial charge in [0, 0.05) is 13.1 Å². The first-order valence-electron chi connectivity index (χ1n) is 4.40. The van der Waals surface area contributed by atoms with E-state index in [1.54, 1.807) is 0 Å². The molecule has 0 aliphatic carbocycles. The van der Waals surface area contributed by atoms with E-state index >= 15 is 0 Å². The molecule has 11 heavy (non-hydrogen) atoms. The van der Waals surface area contributed by atoms with Gasteiger partial charge in [0.05, 0.1) is 0 Å². The average Bonchev–Trinajstić information content (AvgIpc) is 2.40. The molecule has 0 saturated carbocycles. The second kappa shape index (κ2) is 2.96. The molecule has 0 amide bonds. The van der Waals surface area contributed by atoms with E-state index in [9.17, 15) is 0 Å². The first kappa shape index (κ1) is 7.90. The number of hydrogen-bond donors (Lipinski definition) is 2. The fourth-order valence-electron chi connectivity index (χ4n) is 2.16. The van der Waals surface area contributed by atoms with Gasteiger partial charge >= 0.3 is 0 Å². The van der Waals surface area contributed by atoms with E-state index in [0.717, 1.165) is 11.8 Å². The fraction of sp³-hybridized carbons (Fsp3) is 1.00. The van der Waals surface area contributed by atoms with E-state index in [4.69, 9.17) is 0 Å². The Morgan fingerprint density at radius 3 is 2.18 bits per heavy atom. The zero-order chi connectivity index (χ0) is 7.84. The van der Waals surface area contributed by atoms with Crippen LogP contribution in [-0.2, 0) is 0 Å². The summed E-state index contributed by atoms with van der Waals surface area (Å²) in [6.45, 7) is 5.25. The molecular formula is C8H18N2S. The lowest BCUT2D eigenvalue weighted by molar-refractivity contribution is 0.517. The number of nitrogens with one attached hydrogen (secondary N) is 1. The van der Waals surface area contributed by atoms with Crippen molar-refractivity contribution in [1.82, 2.24) is 9.62 Å². The number of rotatable bonds is 1. The molecule has 3 heteroatoms. The Kier molecular flexibility index (Phi) is 2.12. The summed E-state index contributed by atoms with van der Waals surface area (Å²) < 4.78 is 2.67. The minimum Gasteiger partial charge on any atom is -0.316 e. The average molecular weight is 174 g/mol. The van der Waals surface area contributed by atoms with Gasteiger partial charge in [-0.15, -0.1) is 0 Å². The highest BCUT2D eigenvalue weighted by Gasteiger charge is 2.36. The smallest absolute Gasteiger partial charge is 0.0116 e. The van der Waals surface area contributed by atoms with Crippen molar-refractivity contribution in [2.45, 2.75) is 0 Å². The van der Waals surface area contributed by atoms with Crippen LogP contribution in [0.1, 0.15) is 0 Å². The maximum atomic E-state index is 3.46. The van der Waals surface area contributed by atoms with Gasteiger partial charge < -0.3 is 5.32 Å². The maximum Gasteiger partial charge on any atom is 0.0116 e. The Balaban J connectivity index is 1.94. The molecule has 0 spiro atoms. The summed E-state index contributed by atoms with van der Waals surface area (Å²) in [5, 5.41) is 3.46. The number of nitrogens with zero attached hydrogens (tertiary/aromatic N) is 1. The highest BCUT2D eigenvalue weighted by atomic mass is 32.2. The van der Waals surface area contributed by atoms with E-state index in [1.165, 1.54) is 26.2 Å². The Labute approximate surface area is 71.8 Å². The molecule has 2 fully saturated rings. The first-order valence-corrected chi connectivity index (χ1v) is 6.59. The molecule has 2 atom stereocenters. The zero-order valence-corrected chi connectivity index (χ0v) is 8.27. The predicted molar refractivity (Wildman–Crippen MR) is 52.3 cm³/mol. The summed E-state index contributed by atoms with van der Waals surface area (Å²) in [5.41, 5.74) is 0. The lowest BCUT2D eigenvalue weighted by Gasteiger charge is -2.24. The summed E-state index contributed by atoms with van der Waals surface area (Å²) in [4.78, 5) is 0. The lowest BCUT2D eigenvalue weighted by atomic mass is 10.0. The predicted octanol–water partition coefficient (Wildman–Crippen LogP) is 0.313. The molecule has 2 heterocycles. The number of thiol groups is 1. The number of hydrogen-bond acceptors (Lipinski definition) is 2. The van der Waals surface area contributed by atoms with Gasteiger partial charge in [-0.3, -0.25) is 4.31 Å². The molecule has 0 aromatic heterocycles. The van der Waals surface area contributed by atoms with Crippen LogP contribution in [-0.4, -0.2) is 43.0 Å². The van der Waals surface area contributed by atoms with Crippen molar-refractivity contribution >= 4 is 11.1 Å². The molecule has 0 bridgehead atoms. The highest BCUT2D eigenvalue weighted by Crippen LogP contribution is 2.34. The molecule has 0 aromatic rings. The van der Waals surface area contributed by atoms with Crippen LogP contribution < -0.4 is 5.32 Å². The van der Waals surface area contributed by atoms with Gasteiger partial charge in [-0.2, -0.15) is 0 Å². The third-order valence-electron chi connectivity index (χ3n) is 2.94. The zero-order valence-electron chi connectivity index (χ0n) is 7.38. The number of fused-ring (bicyclic) bond motifs is 1. The van der Waals surface area contributed by atoms with Crippen LogP contribution in [0.2, 0.25) is 0 Å². The SMILES string of the molecule is C[SH](C)N1CC2CNCC2C1. The fourth-order valence-corrected chi connectivity index (χ4v) is 3.23. The normalized spacial score (nSPS) is 39.3. The quantitative estimate of drug-likeness (QED) is 0.556. The van der Waals surface area contributed by atoms with E-state index in [1.807, 2.05) is 0 Å². The summed E-state index contributed by atoms with van der Waals surface area (Å²) in [5.74, 6) is 1.94. The monoisotopic (exact) mass is 174 g/mol. The minimum absolute atomic E-state index is 0.179. The van der Waals surface area contributed by atoms with E-state index in [2.05, 4.69) is 22.1 Å². The molecule has 2 saturated heterocycles. The molecular weight excluding hydrogens is 156 g/mol. The van der Waals surface area contributed by atoms with Crippen molar-refractivity contribution in [3.05, 3.63) is 0 Å². The van der Waals surface area contributed by atoms with Crippen molar-refractivity contribution in [2.24, 2.45) is 11.8 Å². The molecule has 0 aromatic carbocycles. The Morgan fingerprint density at radius 2 is 1.73 bits per heavy atom. The van der Waals surface area contributed by atoms with Crippen molar-refractivity contribution in [2.75, 3.05) is 38.7 Å². The van der Waals surface area contributed by atoms with Crippen molar-refractivity contribution in [1.29, 1.82) is 0 Å². The van der Waals surface area contributed by atoms with Gasteiger partial charge in [-0.25, -0.2) is 11.1 Å². The van der Waals surface area contributed by atoms with E-state index in [-0.39, 0.29) is 11.1 Å². The third-order valence-corrected chi connectivity index (χ3v) is 4.39. The molecule has 66 valence electrons. The van der Waals surface area contributed by atoms with Gasteiger partial charge in [0.2, 0.25) is 0 Å². The second-order valence-corrected chi connectivity index (χ2v) is 6.16. The molecule has 2 nitrogen and oxygen atoms in total. The first-order chi connectivity index (χ1) is 5.27. The van der Waals surface area contributed by atoms with Crippen LogP contribution >= 0.6 is 11.1 Å². The van der Waals surface area contributed by atoms with Crippen LogP contribution in [0.3, 0.4) is 0 Å². The summed E-state index contributed by atoms with van der Waals surface area (Å²) in [6, 6.07) is 0. The minimum atomic E-state index is 0.179. The Morgan fingerprint density at radius 1 is 1.18 bits per heavy atom. The van der Waals surface area contributed by atoms with Crippen LogP contribution in [0, 0.1) is 11.8 Å². The third kappa shape index (κ3) is 1.42. The van der Waals surface area contributed by atoms with Crippen LogP contribution in [0.25, 0.3) is 0 Å². The lowest BCUT2D eigenvalue weighted by Crippen LogP contribution is -2.22. The Bertz CT molecular complexity index is 137. The maximum absolute atomic E-state index is 3.46. The summed E-state index contributed by atoms with van der Waals surface area (Å²) in [6.07, 6.45) is 4.73. The van der Waals surface area contributed by atoms with Gasteiger partial charge in [0.1, 0.15) is 0 Å². The van der Waals surface area contributed by atoms with Crippen molar-refractivity contribution in [3.63, 3.8) is 0 Å². The Hall–Kier alpha value is 0.270.